The van der Waals surface area contributed by atoms with Crippen LogP contribution in [0.4, 0.5) is 5.69 Å². The molecule has 1 N–H and O–H groups in total. The van der Waals surface area contributed by atoms with Crippen LogP contribution in [-0.2, 0) is 11.3 Å². The molecule has 0 aliphatic rings. The van der Waals surface area contributed by atoms with Crippen molar-refractivity contribution in [3.05, 3.63) is 60.2 Å². The summed E-state index contributed by atoms with van der Waals surface area (Å²) in [6.07, 6.45) is 2.07. The molecule has 2 rings (SSSR count). The van der Waals surface area contributed by atoms with Crippen LogP contribution in [0, 0.1) is 0 Å². The Balaban J connectivity index is 1.92. The standard InChI is InChI=1S/C18H22N2OS/c1-14(18(21)19-16-7-5-4-6-8-16)20(2)13-15-9-11-17(22-3)12-10-15/h4-12,14H,13H2,1-3H3,(H,19,21)/t14-/m0/s1. The molecular weight excluding hydrogens is 292 g/mol. The first-order valence-corrected chi connectivity index (χ1v) is 8.51. The summed E-state index contributed by atoms with van der Waals surface area (Å²) in [4.78, 5) is 15.6. The molecule has 4 heteroatoms. The van der Waals surface area contributed by atoms with Crippen molar-refractivity contribution in [2.24, 2.45) is 0 Å². The second-order valence-electron chi connectivity index (χ2n) is 5.29. The number of thioether (sulfide) groups is 1. The van der Waals surface area contributed by atoms with Gasteiger partial charge >= 0.3 is 0 Å². The number of nitrogens with zero attached hydrogens (tertiary/aromatic N) is 1. The first kappa shape index (κ1) is 16.6. The van der Waals surface area contributed by atoms with Crippen molar-refractivity contribution < 1.29 is 4.79 Å². The summed E-state index contributed by atoms with van der Waals surface area (Å²) < 4.78 is 0. The highest BCUT2D eigenvalue weighted by molar-refractivity contribution is 7.98. The average molecular weight is 314 g/mol. The van der Waals surface area contributed by atoms with E-state index in [4.69, 9.17) is 0 Å². The minimum atomic E-state index is -0.194. The minimum Gasteiger partial charge on any atom is -0.325 e. The Labute approximate surface area is 136 Å². The van der Waals surface area contributed by atoms with Gasteiger partial charge in [-0.3, -0.25) is 9.69 Å². The summed E-state index contributed by atoms with van der Waals surface area (Å²) in [6, 6.07) is 17.8. The van der Waals surface area contributed by atoms with Gasteiger partial charge in [-0.05, 0) is 50.1 Å². The zero-order valence-electron chi connectivity index (χ0n) is 13.2. The van der Waals surface area contributed by atoms with E-state index in [0.717, 1.165) is 12.2 Å². The Bertz CT molecular complexity index is 598. The monoisotopic (exact) mass is 314 g/mol. The number of para-hydroxylation sites is 1. The number of rotatable bonds is 6. The fourth-order valence-electron chi connectivity index (χ4n) is 2.12. The lowest BCUT2D eigenvalue weighted by molar-refractivity contribution is -0.120. The van der Waals surface area contributed by atoms with Gasteiger partial charge in [-0.2, -0.15) is 0 Å². The van der Waals surface area contributed by atoms with Crippen molar-refractivity contribution in [3.63, 3.8) is 0 Å². The van der Waals surface area contributed by atoms with E-state index in [9.17, 15) is 4.79 Å². The van der Waals surface area contributed by atoms with Gasteiger partial charge in [-0.15, -0.1) is 11.8 Å². The average Bonchev–Trinajstić information content (AvgIpc) is 2.55. The maximum absolute atomic E-state index is 12.3. The summed E-state index contributed by atoms with van der Waals surface area (Å²) in [5.41, 5.74) is 2.04. The molecule has 0 radical (unpaired) electrons. The molecule has 3 nitrogen and oxygen atoms in total. The lowest BCUT2D eigenvalue weighted by Gasteiger charge is -2.24. The molecule has 2 aromatic rings. The van der Waals surface area contributed by atoms with Gasteiger partial charge in [0.2, 0.25) is 5.91 Å². The van der Waals surface area contributed by atoms with E-state index in [1.54, 1.807) is 11.8 Å². The van der Waals surface area contributed by atoms with Crippen molar-refractivity contribution in [1.29, 1.82) is 0 Å². The molecule has 0 spiro atoms. The van der Waals surface area contributed by atoms with Gasteiger partial charge in [-0.1, -0.05) is 30.3 Å². The molecule has 1 atom stereocenters. The molecule has 2 aromatic carbocycles. The molecule has 0 unspecified atom stereocenters. The summed E-state index contributed by atoms with van der Waals surface area (Å²) >= 11 is 1.73. The van der Waals surface area contributed by atoms with Gasteiger partial charge in [-0.25, -0.2) is 0 Å². The third kappa shape index (κ3) is 4.61. The van der Waals surface area contributed by atoms with Gasteiger partial charge in [0.25, 0.3) is 0 Å². The van der Waals surface area contributed by atoms with E-state index in [1.165, 1.54) is 10.5 Å². The first-order chi connectivity index (χ1) is 10.6. The molecule has 0 bridgehead atoms. The maximum atomic E-state index is 12.3. The molecule has 116 valence electrons. The molecule has 0 saturated carbocycles. The number of carbonyl (C=O) groups excluding carboxylic acids is 1. The lowest BCUT2D eigenvalue weighted by Crippen LogP contribution is -2.39. The number of carbonyl (C=O) groups is 1. The molecule has 0 aliphatic carbocycles. The van der Waals surface area contributed by atoms with E-state index in [-0.39, 0.29) is 11.9 Å². The fourth-order valence-corrected chi connectivity index (χ4v) is 2.53. The summed E-state index contributed by atoms with van der Waals surface area (Å²) in [6.45, 7) is 2.67. The van der Waals surface area contributed by atoms with Gasteiger partial charge in [0, 0.05) is 17.1 Å². The third-order valence-electron chi connectivity index (χ3n) is 3.67. The molecule has 0 fully saturated rings. The Morgan fingerprint density at radius 2 is 1.77 bits per heavy atom. The predicted molar refractivity (Wildman–Crippen MR) is 94.2 cm³/mol. The molecule has 1 amide bonds. The highest BCUT2D eigenvalue weighted by Crippen LogP contribution is 2.16. The van der Waals surface area contributed by atoms with Crippen LogP contribution in [0.1, 0.15) is 12.5 Å². The van der Waals surface area contributed by atoms with E-state index in [0.29, 0.717) is 0 Å². The van der Waals surface area contributed by atoms with Crippen molar-refractivity contribution in [2.75, 3.05) is 18.6 Å². The van der Waals surface area contributed by atoms with Crippen LogP contribution < -0.4 is 5.32 Å². The second kappa shape index (κ2) is 8.01. The molecular formula is C18H22N2OS. The van der Waals surface area contributed by atoms with Crippen LogP contribution in [0.2, 0.25) is 0 Å². The summed E-state index contributed by atoms with van der Waals surface area (Å²) in [5, 5.41) is 2.94. The zero-order chi connectivity index (χ0) is 15.9. The third-order valence-corrected chi connectivity index (χ3v) is 4.42. The molecule has 0 aromatic heterocycles. The normalized spacial score (nSPS) is 12.2. The lowest BCUT2D eigenvalue weighted by atomic mass is 10.2. The van der Waals surface area contributed by atoms with Crippen molar-refractivity contribution >= 4 is 23.4 Å². The van der Waals surface area contributed by atoms with Crippen molar-refractivity contribution in [3.8, 4) is 0 Å². The van der Waals surface area contributed by atoms with E-state index >= 15 is 0 Å². The van der Waals surface area contributed by atoms with Crippen molar-refractivity contribution in [1.82, 2.24) is 4.90 Å². The smallest absolute Gasteiger partial charge is 0.241 e. The Morgan fingerprint density at radius 1 is 1.14 bits per heavy atom. The number of amides is 1. The van der Waals surface area contributed by atoms with E-state index in [2.05, 4.69) is 35.8 Å². The molecule has 0 heterocycles. The number of benzene rings is 2. The molecule has 0 aliphatic heterocycles. The SMILES string of the molecule is CSc1ccc(CN(C)[C@@H](C)C(=O)Nc2ccccc2)cc1. The highest BCUT2D eigenvalue weighted by Gasteiger charge is 2.18. The largest absolute Gasteiger partial charge is 0.325 e. The minimum absolute atomic E-state index is 0.00874. The van der Waals surface area contributed by atoms with E-state index in [1.807, 2.05) is 49.2 Å². The van der Waals surface area contributed by atoms with Crippen LogP contribution >= 0.6 is 11.8 Å². The Hall–Kier alpha value is -1.78. The van der Waals surface area contributed by atoms with Gasteiger partial charge < -0.3 is 5.32 Å². The second-order valence-corrected chi connectivity index (χ2v) is 6.17. The van der Waals surface area contributed by atoms with Crippen LogP contribution in [0.3, 0.4) is 0 Å². The molecule has 0 saturated heterocycles. The number of likely N-dealkylation sites (N-methyl/N-ethyl adjacent to an activating group) is 1. The number of nitrogens with one attached hydrogen (secondary N) is 1. The first-order valence-electron chi connectivity index (χ1n) is 7.29. The maximum Gasteiger partial charge on any atom is 0.241 e. The fraction of sp³-hybridized carbons (Fsp3) is 0.278. The zero-order valence-corrected chi connectivity index (χ0v) is 14.1. The van der Waals surface area contributed by atoms with Crippen LogP contribution in [0.5, 0.6) is 0 Å². The van der Waals surface area contributed by atoms with Gasteiger partial charge in [0.15, 0.2) is 0 Å². The number of anilines is 1. The summed E-state index contributed by atoms with van der Waals surface area (Å²) in [5.74, 6) is 0.00874. The predicted octanol–water partition coefficient (Wildman–Crippen LogP) is 3.87. The highest BCUT2D eigenvalue weighted by atomic mass is 32.2. The van der Waals surface area contributed by atoms with Gasteiger partial charge in [0.1, 0.15) is 0 Å². The van der Waals surface area contributed by atoms with Crippen molar-refractivity contribution in [2.45, 2.75) is 24.4 Å². The van der Waals surface area contributed by atoms with Crippen LogP contribution in [0.15, 0.2) is 59.5 Å². The number of hydrogen-bond acceptors (Lipinski definition) is 3. The molecule has 22 heavy (non-hydrogen) atoms. The van der Waals surface area contributed by atoms with Crippen LogP contribution in [-0.4, -0.2) is 30.2 Å². The Morgan fingerprint density at radius 3 is 2.36 bits per heavy atom. The summed E-state index contributed by atoms with van der Waals surface area (Å²) in [7, 11) is 1.97. The van der Waals surface area contributed by atoms with Gasteiger partial charge in [0.05, 0.1) is 6.04 Å². The quantitative estimate of drug-likeness (QED) is 0.822. The topological polar surface area (TPSA) is 32.3 Å². The Kier molecular flexibility index (Phi) is 6.04. The van der Waals surface area contributed by atoms with Crippen LogP contribution in [0.25, 0.3) is 0 Å². The number of hydrogen-bond donors (Lipinski definition) is 1. The van der Waals surface area contributed by atoms with E-state index < -0.39 is 0 Å².